The summed E-state index contributed by atoms with van der Waals surface area (Å²) >= 11 is 0. The molecule has 11 heteroatoms. The van der Waals surface area contributed by atoms with Crippen LogP contribution in [0.25, 0.3) is 0 Å². The molecular formula is C44H85N5O6. The number of allylic oxidation sites excluding steroid dienone is 3. The fourth-order valence-electron chi connectivity index (χ4n) is 6.84. The molecule has 1 saturated heterocycles. The van der Waals surface area contributed by atoms with Gasteiger partial charge in [-0.25, -0.2) is 4.79 Å². The highest BCUT2D eigenvalue weighted by molar-refractivity contribution is 6.37. The molecule has 0 spiro atoms. The highest BCUT2D eigenvalue weighted by Crippen LogP contribution is 2.32. The fraction of sp³-hybridized carbons (Fsp3) is 0.795. The third-order valence-corrected chi connectivity index (χ3v) is 9.57. The van der Waals surface area contributed by atoms with Crippen LogP contribution in [-0.2, 0) is 19.2 Å². The summed E-state index contributed by atoms with van der Waals surface area (Å²) < 4.78 is 0. The molecule has 2 aliphatic rings. The Hall–Kier alpha value is -3.37. The first kappa shape index (κ1) is 56.0. The minimum absolute atomic E-state index is 0.0295. The van der Waals surface area contributed by atoms with E-state index in [1.54, 1.807) is 0 Å². The topological polar surface area (TPSA) is 171 Å². The number of primary amides is 1. The minimum Gasteiger partial charge on any atom is -0.513 e. The number of hydrogen-bond acceptors (Lipinski definition) is 6. The predicted octanol–water partition coefficient (Wildman–Crippen LogP) is 9.30. The monoisotopic (exact) mass is 780 g/mol. The quantitative estimate of drug-likeness (QED) is 0.0527. The number of rotatable bonds is 18. The Morgan fingerprint density at radius 3 is 1.82 bits per heavy atom. The van der Waals surface area contributed by atoms with Gasteiger partial charge in [-0.05, 0) is 68.3 Å². The maximum absolute atomic E-state index is 14.1. The molecule has 0 aromatic carbocycles. The van der Waals surface area contributed by atoms with Gasteiger partial charge in [-0.15, -0.1) is 6.58 Å². The molecule has 11 nitrogen and oxygen atoms in total. The van der Waals surface area contributed by atoms with Crippen LogP contribution in [0.15, 0.2) is 24.5 Å². The van der Waals surface area contributed by atoms with E-state index in [0.29, 0.717) is 44.4 Å². The lowest BCUT2D eigenvalue weighted by atomic mass is 9.80. The smallest absolute Gasteiger partial charge is 0.315 e. The Kier molecular flexibility index (Phi) is 31.3. The van der Waals surface area contributed by atoms with Crippen molar-refractivity contribution in [2.75, 3.05) is 6.54 Å². The molecule has 4 unspecified atom stereocenters. The van der Waals surface area contributed by atoms with Gasteiger partial charge in [-0.1, -0.05) is 135 Å². The second kappa shape index (κ2) is 30.8. The average molecular weight is 780 g/mol. The second-order valence-electron chi connectivity index (χ2n) is 15.1. The number of urea groups is 1. The van der Waals surface area contributed by atoms with Crippen LogP contribution >= 0.6 is 0 Å². The summed E-state index contributed by atoms with van der Waals surface area (Å²) in [6.07, 6.45) is 13.4. The number of nitrogens with one attached hydrogen (secondary N) is 3. The maximum Gasteiger partial charge on any atom is 0.315 e. The van der Waals surface area contributed by atoms with Gasteiger partial charge in [0.15, 0.2) is 0 Å². The number of likely N-dealkylation sites (tertiary alicyclic amines) is 1. The van der Waals surface area contributed by atoms with Gasteiger partial charge in [-0.3, -0.25) is 19.2 Å². The van der Waals surface area contributed by atoms with Crippen molar-refractivity contribution < 1.29 is 29.1 Å². The number of amides is 5. The number of ketones is 1. The number of Topliss-reactive ketones (excluding diaryl/α,β-unsaturated/α-hetero) is 1. The summed E-state index contributed by atoms with van der Waals surface area (Å²) in [5, 5.41) is 19.0. The van der Waals surface area contributed by atoms with Crippen molar-refractivity contribution >= 4 is 29.5 Å². The zero-order valence-electron chi connectivity index (χ0n) is 37.7. The normalized spacial score (nSPS) is 16.9. The standard InChI is InChI=1S/C34H59N5O6.C4H8.3C2H6/c1-8-16-34(17-9-2,21-22(4)19-24(40)10-3)38-32(45)37-28(33(5,6)7)31(44)39-18-12-15-26(39)30(43)36-25(27(41)29(35)42)20-23-13-11-14-23;1-3-4-2;3*1-2/h19,22-23,25-26,28,40H,8-18,20-21H2,1-7H3,(H2,35,42)(H,36,43)(H2,37,38,45);3H,1,4H2,2H3;3*1-2H3/b24-19+;;;;. The first-order valence-electron chi connectivity index (χ1n) is 21.5. The van der Waals surface area contributed by atoms with E-state index in [2.05, 4.69) is 43.3 Å². The van der Waals surface area contributed by atoms with Gasteiger partial charge in [0.05, 0.1) is 11.8 Å². The molecule has 1 heterocycles. The SMILES string of the molecule is C=CCC.CC.CC.CC.CCCC(CCC)(CC(C)/C=C(/O)CC)NC(=O)NC(C(=O)N1CCCC1C(=O)NC(CC1CCC1)C(=O)C(N)=O)C(C)(C)C. The molecule has 6 N–H and O–H groups in total. The number of aliphatic hydroxyl groups is 1. The summed E-state index contributed by atoms with van der Waals surface area (Å²) in [4.78, 5) is 67.0. The lowest BCUT2D eigenvalue weighted by Gasteiger charge is -2.39. The van der Waals surface area contributed by atoms with Crippen LogP contribution in [0.1, 0.15) is 180 Å². The lowest BCUT2D eigenvalue weighted by molar-refractivity contribution is -0.143. The molecule has 0 aromatic heterocycles. The van der Waals surface area contributed by atoms with Crippen LogP contribution in [0, 0.1) is 17.3 Å². The third kappa shape index (κ3) is 20.9. The van der Waals surface area contributed by atoms with E-state index in [4.69, 9.17) is 5.73 Å². The molecule has 0 aromatic rings. The Morgan fingerprint density at radius 2 is 1.42 bits per heavy atom. The van der Waals surface area contributed by atoms with Crippen LogP contribution < -0.4 is 21.7 Å². The Bertz CT molecular complexity index is 1140. The van der Waals surface area contributed by atoms with Gasteiger partial charge >= 0.3 is 6.03 Å². The van der Waals surface area contributed by atoms with Crippen molar-refractivity contribution in [1.29, 1.82) is 0 Å². The molecule has 0 bridgehead atoms. The molecule has 2 fully saturated rings. The number of nitrogens with two attached hydrogens (primary N) is 1. The number of hydrogen-bond donors (Lipinski definition) is 5. The molecular weight excluding hydrogens is 695 g/mol. The molecule has 2 rings (SSSR count). The molecule has 5 amide bonds. The minimum atomic E-state index is -1.09. The number of carbonyl (C=O) groups is 5. The van der Waals surface area contributed by atoms with Crippen molar-refractivity contribution in [2.45, 2.75) is 204 Å². The molecule has 1 aliphatic heterocycles. The average Bonchev–Trinajstić information content (AvgIpc) is 3.63. The van der Waals surface area contributed by atoms with Crippen molar-refractivity contribution in [3.05, 3.63) is 24.5 Å². The van der Waals surface area contributed by atoms with Gasteiger partial charge in [0.1, 0.15) is 12.1 Å². The summed E-state index contributed by atoms with van der Waals surface area (Å²) in [6, 6.07) is -3.21. The van der Waals surface area contributed by atoms with E-state index in [-0.39, 0.29) is 17.7 Å². The van der Waals surface area contributed by atoms with Crippen molar-refractivity contribution in [3.63, 3.8) is 0 Å². The fourth-order valence-corrected chi connectivity index (χ4v) is 6.84. The Morgan fingerprint density at radius 1 is 0.891 bits per heavy atom. The van der Waals surface area contributed by atoms with Crippen LogP contribution in [0.2, 0.25) is 0 Å². The summed E-state index contributed by atoms with van der Waals surface area (Å²) in [5.74, 6) is -2.17. The van der Waals surface area contributed by atoms with Crippen LogP contribution in [0.4, 0.5) is 4.79 Å². The van der Waals surface area contributed by atoms with Crippen molar-refractivity contribution in [2.24, 2.45) is 23.0 Å². The second-order valence-corrected chi connectivity index (χ2v) is 15.1. The molecule has 0 radical (unpaired) electrons. The van der Waals surface area contributed by atoms with Crippen LogP contribution in [0.5, 0.6) is 0 Å². The number of nitrogens with zero attached hydrogens (tertiary/aromatic N) is 1. The first-order chi connectivity index (χ1) is 26.0. The zero-order chi connectivity index (χ0) is 43.4. The summed E-state index contributed by atoms with van der Waals surface area (Å²) in [7, 11) is 0. The van der Waals surface area contributed by atoms with E-state index in [9.17, 15) is 29.1 Å². The van der Waals surface area contributed by atoms with Gasteiger partial charge in [0, 0.05) is 18.5 Å². The van der Waals surface area contributed by atoms with Gasteiger partial charge < -0.3 is 31.7 Å². The summed E-state index contributed by atoms with van der Waals surface area (Å²) in [6.45, 7) is 31.5. The number of aliphatic hydroxyl groups excluding tert-OH is 1. The van der Waals surface area contributed by atoms with E-state index in [0.717, 1.165) is 51.4 Å². The number of carbonyl (C=O) groups excluding carboxylic acids is 5. The van der Waals surface area contributed by atoms with Crippen molar-refractivity contribution in [3.8, 4) is 0 Å². The van der Waals surface area contributed by atoms with Gasteiger partial charge in [-0.2, -0.15) is 0 Å². The third-order valence-electron chi connectivity index (χ3n) is 9.57. The highest BCUT2D eigenvalue weighted by Gasteiger charge is 2.44. The summed E-state index contributed by atoms with van der Waals surface area (Å²) in [5.41, 5.74) is 4.08. The Balaban J connectivity index is -0.00000245. The van der Waals surface area contributed by atoms with E-state index in [1.807, 2.05) is 88.3 Å². The van der Waals surface area contributed by atoms with Crippen LogP contribution in [-0.4, -0.2) is 69.8 Å². The van der Waals surface area contributed by atoms with E-state index >= 15 is 0 Å². The van der Waals surface area contributed by atoms with E-state index in [1.165, 1.54) is 4.90 Å². The largest absolute Gasteiger partial charge is 0.513 e. The van der Waals surface area contributed by atoms with E-state index < -0.39 is 52.7 Å². The first-order valence-corrected chi connectivity index (χ1v) is 21.5. The lowest BCUT2D eigenvalue weighted by Crippen LogP contribution is -2.62. The molecule has 4 atom stereocenters. The predicted molar refractivity (Wildman–Crippen MR) is 230 cm³/mol. The molecule has 1 aliphatic carbocycles. The highest BCUT2D eigenvalue weighted by atomic mass is 16.3. The molecule has 55 heavy (non-hydrogen) atoms. The van der Waals surface area contributed by atoms with Gasteiger partial charge in [0.25, 0.3) is 5.91 Å². The zero-order valence-corrected chi connectivity index (χ0v) is 37.7. The Labute approximate surface area is 336 Å². The van der Waals surface area contributed by atoms with Crippen molar-refractivity contribution in [1.82, 2.24) is 20.9 Å². The molecule has 1 saturated carbocycles. The maximum atomic E-state index is 14.1. The van der Waals surface area contributed by atoms with Crippen LogP contribution in [0.3, 0.4) is 0 Å². The molecule has 322 valence electrons. The van der Waals surface area contributed by atoms with Gasteiger partial charge in [0.2, 0.25) is 17.6 Å².